The molecule has 0 aliphatic carbocycles. The maximum absolute atomic E-state index is 12.3. The average molecular weight is 297 g/mol. The van der Waals surface area contributed by atoms with Crippen LogP contribution in [0, 0.1) is 0 Å². The highest BCUT2D eigenvalue weighted by molar-refractivity contribution is 6.06. The van der Waals surface area contributed by atoms with Gasteiger partial charge in [0.15, 0.2) is 0 Å². The number of nitrogens with zero attached hydrogens (tertiary/aromatic N) is 2. The smallest absolute Gasteiger partial charge is 0.329 e. The van der Waals surface area contributed by atoms with Crippen LogP contribution in [0.5, 0.6) is 0 Å². The number of carboxylic acid groups (broad SMARTS) is 1. The quantitative estimate of drug-likeness (QED) is 0.700. The number of carboxylic acids is 1. The third-order valence-corrected chi connectivity index (χ3v) is 4.40. The van der Waals surface area contributed by atoms with Gasteiger partial charge in [0.25, 0.3) is 5.91 Å². The molecule has 2 unspecified atom stereocenters. The molecule has 0 radical (unpaired) electrons. The van der Waals surface area contributed by atoms with Gasteiger partial charge in [0.1, 0.15) is 11.6 Å². The Morgan fingerprint density at radius 1 is 1.43 bits per heavy atom. The maximum Gasteiger partial charge on any atom is 0.329 e. The molecule has 0 aromatic carbocycles. The van der Waals surface area contributed by atoms with Crippen LogP contribution >= 0.6 is 0 Å². The molecule has 8 heteroatoms. The second-order valence-corrected chi connectivity index (χ2v) is 5.44. The second kappa shape index (κ2) is 5.34. The highest BCUT2D eigenvalue weighted by atomic mass is 16.4. The van der Waals surface area contributed by atoms with Gasteiger partial charge in [-0.25, -0.2) is 9.59 Å². The number of carbonyl (C=O) groups excluding carboxylic acids is 3. The third kappa shape index (κ3) is 2.34. The van der Waals surface area contributed by atoms with E-state index in [4.69, 9.17) is 0 Å². The predicted octanol–water partition coefficient (Wildman–Crippen LogP) is -0.217. The number of imide groups is 1. The van der Waals surface area contributed by atoms with E-state index in [1.54, 1.807) is 6.92 Å². The number of amides is 4. The minimum Gasteiger partial charge on any atom is -0.479 e. The summed E-state index contributed by atoms with van der Waals surface area (Å²) in [5.41, 5.74) is -1.22. The molecule has 2 rings (SSSR count). The highest BCUT2D eigenvalue weighted by Gasteiger charge is 2.49. The molecule has 2 aliphatic rings. The molecule has 0 bridgehead atoms. The largest absolute Gasteiger partial charge is 0.479 e. The van der Waals surface area contributed by atoms with E-state index >= 15 is 0 Å². The van der Waals surface area contributed by atoms with Crippen LogP contribution in [0.4, 0.5) is 4.79 Å². The van der Waals surface area contributed by atoms with Crippen molar-refractivity contribution in [2.45, 2.75) is 44.2 Å². The number of rotatable bonds is 3. The summed E-state index contributed by atoms with van der Waals surface area (Å²) in [5.74, 6) is -1.86. The first-order chi connectivity index (χ1) is 9.83. The highest BCUT2D eigenvalue weighted by Crippen LogP contribution is 2.33. The Bertz CT molecular complexity index is 506. The second-order valence-electron chi connectivity index (χ2n) is 5.44. The van der Waals surface area contributed by atoms with E-state index < -0.39 is 29.5 Å². The van der Waals surface area contributed by atoms with E-state index in [-0.39, 0.29) is 12.3 Å². The molecule has 2 N–H and O–H groups in total. The van der Waals surface area contributed by atoms with Crippen molar-refractivity contribution in [1.29, 1.82) is 0 Å². The van der Waals surface area contributed by atoms with Crippen LogP contribution in [-0.4, -0.2) is 63.9 Å². The fourth-order valence-corrected chi connectivity index (χ4v) is 3.01. The molecule has 4 amide bonds. The van der Waals surface area contributed by atoms with Gasteiger partial charge in [-0.3, -0.25) is 14.5 Å². The third-order valence-electron chi connectivity index (χ3n) is 4.40. The molecule has 0 aromatic heterocycles. The van der Waals surface area contributed by atoms with Crippen LogP contribution in [0.2, 0.25) is 0 Å². The lowest BCUT2D eigenvalue weighted by Crippen LogP contribution is -2.57. The van der Waals surface area contributed by atoms with Crippen LogP contribution in [0.1, 0.15) is 32.6 Å². The molecule has 0 saturated carbocycles. The summed E-state index contributed by atoms with van der Waals surface area (Å²) in [6, 6.07) is -1.50. The Hall–Kier alpha value is -2.12. The van der Waals surface area contributed by atoms with E-state index in [0.29, 0.717) is 25.8 Å². The van der Waals surface area contributed by atoms with Gasteiger partial charge in [0.2, 0.25) is 5.91 Å². The first-order valence-electron chi connectivity index (χ1n) is 6.95. The molecule has 2 aliphatic heterocycles. The molecule has 2 saturated heterocycles. The van der Waals surface area contributed by atoms with Crippen LogP contribution in [0.25, 0.3) is 0 Å². The van der Waals surface area contributed by atoms with Crippen molar-refractivity contribution >= 4 is 23.8 Å². The minimum atomic E-state index is -1.22. The van der Waals surface area contributed by atoms with Gasteiger partial charge in [-0.1, -0.05) is 6.92 Å². The van der Waals surface area contributed by atoms with Crippen molar-refractivity contribution in [3.05, 3.63) is 0 Å². The molecule has 2 heterocycles. The molecule has 2 atom stereocenters. The number of likely N-dealkylation sites (N-methyl/N-ethyl adjacent to an activating group) is 1. The van der Waals surface area contributed by atoms with Crippen molar-refractivity contribution in [1.82, 2.24) is 15.1 Å². The zero-order chi connectivity index (χ0) is 15.8. The summed E-state index contributed by atoms with van der Waals surface area (Å²) in [4.78, 5) is 49.3. The van der Waals surface area contributed by atoms with E-state index in [0.717, 1.165) is 4.90 Å². The van der Waals surface area contributed by atoms with E-state index in [1.807, 2.05) is 0 Å². The lowest BCUT2D eigenvalue weighted by atomic mass is 9.93. The van der Waals surface area contributed by atoms with Crippen molar-refractivity contribution in [3.63, 3.8) is 0 Å². The van der Waals surface area contributed by atoms with E-state index in [1.165, 1.54) is 11.9 Å². The van der Waals surface area contributed by atoms with Crippen LogP contribution in [-0.2, 0) is 14.4 Å². The number of hydrogen-bond acceptors (Lipinski definition) is 4. The van der Waals surface area contributed by atoms with Gasteiger partial charge >= 0.3 is 12.0 Å². The lowest BCUT2D eigenvalue weighted by molar-refractivity contribution is -0.148. The molecular formula is C13H19N3O5. The zero-order valence-corrected chi connectivity index (χ0v) is 12.1. The minimum absolute atomic E-state index is 0.0822. The summed E-state index contributed by atoms with van der Waals surface area (Å²) >= 11 is 0. The molecule has 0 aromatic rings. The number of nitrogens with one attached hydrogen (secondary N) is 1. The van der Waals surface area contributed by atoms with Crippen molar-refractivity contribution in [3.8, 4) is 0 Å². The van der Waals surface area contributed by atoms with Gasteiger partial charge in [0, 0.05) is 13.6 Å². The fraction of sp³-hybridized carbons (Fsp3) is 0.692. The van der Waals surface area contributed by atoms with E-state index in [2.05, 4.69) is 5.32 Å². The number of carbonyl (C=O) groups is 4. The Balaban J connectivity index is 2.12. The monoisotopic (exact) mass is 297 g/mol. The fourth-order valence-electron chi connectivity index (χ4n) is 3.01. The van der Waals surface area contributed by atoms with Gasteiger partial charge in [-0.15, -0.1) is 0 Å². The van der Waals surface area contributed by atoms with Crippen molar-refractivity contribution in [2.24, 2.45) is 0 Å². The Morgan fingerprint density at radius 3 is 2.57 bits per heavy atom. The molecule has 8 nitrogen and oxygen atoms in total. The zero-order valence-electron chi connectivity index (χ0n) is 12.1. The maximum atomic E-state index is 12.3. The Labute approximate surface area is 122 Å². The van der Waals surface area contributed by atoms with Crippen LogP contribution < -0.4 is 5.32 Å². The SMILES string of the molecule is CCC1(C(=O)O)CCCN1C(=O)NC1CC(=O)N(C)C1=O. The first-order valence-corrected chi connectivity index (χ1v) is 6.95. The molecule has 116 valence electrons. The van der Waals surface area contributed by atoms with E-state index in [9.17, 15) is 24.3 Å². The van der Waals surface area contributed by atoms with Gasteiger partial charge < -0.3 is 15.3 Å². The molecular weight excluding hydrogens is 278 g/mol. The van der Waals surface area contributed by atoms with Crippen LogP contribution in [0.15, 0.2) is 0 Å². The summed E-state index contributed by atoms with van der Waals surface area (Å²) < 4.78 is 0. The average Bonchev–Trinajstić information content (AvgIpc) is 2.98. The molecule has 0 spiro atoms. The molecule has 21 heavy (non-hydrogen) atoms. The summed E-state index contributed by atoms with van der Waals surface area (Å²) in [6.07, 6.45) is 1.21. The van der Waals surface area contributed by atoms with Gasteiger partial charge in [0.05, 0.1) is 6.42 Å². The van der Waals surface area contributed by atoms with Gasteiger partial charge in [-0.05, 0) is 19.3 Å². The standard InChI is InChI=1S/C13H19N3O5/c1-3-13(11(19)20)5-4-6-16(13)12(21)14-8-7-9(17)15(2)10(8)18/h8H,3-7H2,1-2H3,(H,14,21)(H,19,20). The predicted molar refractivity (Wildman–Crippen MR) is 71.3 cm³/mol. The topological polar surface area (TPSA) is 107 Å². The lowest BCUT2D eigenvalue weighted by Gasteiger charge is -2.34. The summed E-state index contributed by atoms with van der Waals surface area (Å²) in [7, 11) is 1.36. The number of urea groups is 1. The number of aliphatic carboxylic acids is 1. The number of likely N-dealkylation sites (tertiary alicyclic amines) is 2. The number of hydrogen-bond donors (Lipinski definition) is 2. The Kier molecular flexibility index (Phi) is 3.89. The van der Waals surface area contributed by atoms with Crippen molar-refractivity contribution < 1.29 is 24.3 Å². The first kappa shape index (κ1) is 15.3. The van der Waals surface area contributed by atoms with Gasteiger partial charge in [-0.2, -0.15) is 0 Å². The normalized spacial score (nSPS) is 29.1. The Morgan fingerprint density at radius 2 is 2.10 bits per heavy atom. The van der Waals surface area contributed by atoms with Crippen molar-refractivity contribution in [2.75, 3.05) is 13.6 Å². The molecule has 2 fully saturated rings. The summed E-state index contributed by atoms with van der Waals surface area (Å²) in [5, 5.41) is 11.9. The summed E-state index contributed by atoms with van der Waals surface area (Å²) in [6.45, 7) is 2.05. The van der Waals surface area contributed by atoms with Crippen LogP contribution in [0.3, 0.4) is 0 Å².